The molecule has 7 nitrogen and oxygen atoms in total. The first-order valence-corrected chi connectivity index (χ1v) is 4.94. The number of nitrogens with one attached hydrogen (secondary N) is 1. The summed E-state index contributed by atoms with van der Waals surface area (Å²) in [6.45, 7) is 0.542. The van der Waals surface area contributed by atoms with Crippen LogP contribution in [0.4, 0.5) is 0 Å². The molecule has 2 aromatic heterocycles. The molecule has 0 aromatic carbocycles. The van der Waals surface area contributed by atoms with Crippen molar-refractivity contribution in [2.75, 3.05) is 6.54 Å². The topological polar surface area (TPSA) is 80.9 Å². The van der Waals surface area contributed by atoms with Crippen LogP contribution < -0.4 is 5.32 Å². The first-order valence-electron chi connectivity index (χ1n) is 4.94. The fraction of sp³-hybridized carbons (Fsp3) is 0.100. The lowest BCUT2D eigenvalue weighted by atomic mass is 10.4. The van der Waals surface area contributed by atoms with Crippen molar-refractivity contribution in [2.24, 2.45) is 4.99 Å². The Kier molecular flexibility index (Phi) is 2.24. The number of rotatable bonds is 2. The third-order valence-corrected chi connectivity index (χ3v) is 2.09. The third-order valence-electron chi connectivity index (χ3n) is 2.09. The number of nitrogens with zero attached hydrogens (tertiary/aromatic N) is 6. The van der Waals surface area contributed by atoms with Gasteiger partial charge in [0.25, 0.3) is 0 Å². The van der Waals surface area contributed by atoms with Crippen molar-refractivity contribution in [3.8, 4) is 17.7 Å². The van der Waals surface area contributed by atoms with Crippen molar-refractivity contribution in [1.29, 1.82) is 0 Å². The van der Waals surface area contributed by atoms with Crippen LogP contribution in [-0.2, 0) is 0 Å². The van der Waals surface area contributed by atoms with E-state index in [0.29, 0.717) is 18.2 Å². The molecule has 0 saturated heterocycles. The number of pyridine rings is 1. The molecule has 1 aliphatic heterocycles. The molecule has 0 fully saturated rings. The highest BCUT2D eigenvalue weighted by Gasteiger charge is 2.12. The Bertz CT molecular complexity index is 617. The fourth-order valence-electron chi connectivity index (χ4n) is 1.32. The standard InChI is InChI=1S/C10H7N7/c1-3-8(7-11-4-1)17-15-10(14-16-17)9-12-5-2-6-13-9/h1,3-4,7H,5H2,(H,12,13). The SMILES string of the molecule is C1#CN=C(c2nnn(-c3cccnc3)n2)NC1. The number of aliphatic imine (C=N–C) groups is 1. The molecule has 3 heterocycles. The Balaban J connectivity index is 1.94. The van der Waals surface area contributed by atoms with E-state index in [9.17, 15) is 0 Å². The zero-order chi connectivity index (χ0) is 11.5. The maximum Gasteiger partial charge on any atom is 0.241 e. The van der Waals surface area contributed by atoms with Gasteiger partial charge in [-0.3, -0.25) is 4.98 Å². The van der Waals surface area contributed by atoms with Crippen LogP contribution in [0.25, 0.3) is 5.69 Å². The van der Waals surface area contributed by atoms with Crippen molar-refractivity contribution >= 4 is 5.84 Å². The van der Waals surface area contributed by atoms with Gasteiger partial charge in [0.05, 0.1) is 12.7 Å². The van der Waals surface area contributed by atoms with E-state index in [-0.39, 0.29) is 0 Å². The molecule has 7 heteroatoms. The van der Waals surface area contributed by atoms with Crippen LogP contribution in [0.3, 0.4) is 0 Å². The van der Waals surface area contributed by atoms with Gasteiger partial charge in [-0.1, -0.05) is 5.92 Å². The van der Waals surface area contributed by atoms with E-state index in [2.05, 4.69) is 42.7 Å². The van der Waals surface area contributed by atoms with Crippen LogP contribution in [0.1, 0.15) is 5.82 Å². The molecular formula is C10H7N7. The van der Waals surface area contributed by atoms with Gasteiger partial charge in [0, 0.05) is 12.2 Å². The van der Waals surface area contributed by atoms with Gasteiger partial charge in [0.1, 0.15) is 5.69 Å². The molecular weight excluding hydrogens is 218 g/mol. The van der Waals surface area contributed by atoms with Gasteiger partial charge in [-0.25, -0.2) is 0 Å². The van der Waals surface area contributed by atoms with Crippen LogP contribution in [0.15, 0.2) is 29.5 Å². The molecule has 17 heavy (non-hydrogen) atoms. The average molecular weight is 225 g/mol. The minimum absolute atomic E-state index is 0.419. The normalized spacial score (nSPS) is 13.3. The Hall–Kier alpha value is -2.75. The van der Waals surface area contributed by atoms with Gasteiger partial charge >= 0.3 is 0 Å². The van der Waals surface area contributed by atoms with E-state index < -0.39 is 0 Å². The van der Waals surface area contributed by atoms with Gasteiger partial charge in [-0.15, -0.1) is 15.0 Å². The predicted molar refractivity (Wildman–Crippen MR) is 59.3 cm³/mol. The smallest absolute Gasteiger partial charge is 0.241 e. The lowest BCUT2D eigenvalue weighted by molar-refractivity contribution is 0.716. The molecule has 0 aliphatic carbocycles. The summed E-state index contributed by atoms with van der Waals surface area (Å²) in [6.07, 6.45) is 3.34. The molecule has 0 bridgehead atoms. The van der Waals surface area contributed by atoms with E-state index in [4.69, 9.17) is 0 Å². The summed E-state index contributed by atoms with van der Waals surface area (Å²) >= 11 is 0. The molecule has 1 N–H and O–H groups in total. The number of hydrogen-bond acceptors (Lipinski definition) is 6. The first kappa shape index (κ1) is 9.47. The minimum Gasteiger partial charge on any atom is -0.355 e. The molecule has 0 amide bonds. The van der Waals surface area contributed by atoms with Gasteiger partial charge in [-0.2, -0.15) is 4.99 Å². The summed E-state index contributed by atoms with van der Waals surface area (Å²) in [5.41, 5.74) is 0.744. The molecule has 0 radical (unpaired) electrons. The quantitative estimate of drug-likeness (QED) is 0.688. The van der Waals surface area contributed by atoms with Crippen molar-refractivity contribution in [3.05, 3.63) is 30.4 Å². The fourth-order valence-corrected chi connectivity index (χ4v) is 1.32. The summed E-state index contributed by atoms with van der Waals surface area (Å²) in [5.74, 6) is 3.74. The summed E-state index contributed by atoms with van der Waals surface area (Å²) in [6, 6.07) is 6.28. The maximum absolute atomic E-state index is 4.20. The second-order valence-corrected chi connectivity index (χ2v) is 3.22. The van der Waals surface area contributed by atoms with E-state index in [0.717, 1.165) is 5.69 Å². The summed E-state index contributed by atoms with van der Waals surface area (Å²) in [7, 11) is 0. The summed E-state index contributed by atoms with van der Waals surface area (Å²) in [4.78, 5) is 9.34. The molecule has 0 spiro atoms. The van der Waals surface area contributed by atoms with E-state index in [1.165, 1.54) is 4.80 Å². The molecule has 0 unspecified atom stereocenters. The highest BCUT2D eigenvalue weighted by molar-refractivity contribution is 5.96. The third kappa shape index (κ3) is 1.83. The van der Waals surface area contributed by atoms with E-state index in [1.807, 2.05) is 6.07 Å². The number of amidine groups is 1. The summed E-state index contributed by atoms with van der Waals surface area (Å²) < 4.78 is 0. The minimum atomic E-state index is 0.419. The number of tetrazole rings is 1. The Morgan fingerprint density at radius 1 is 1.41 bits per heavy atom. The lowest BCUT2D eigenvalue weighted by Gasteiger charge is -2.02. The highest BCUT2D eigenvalue weighted by Crippen LogP contribution is 2.01. The van der Waals surface area contributed by atoms with Crippen LogP contribution in [0.5, 0.6) is 0 Å². The van der Waals surface area contributed by atoms with Crippen molar-refractivity contribution in [1.82, 2.24) is 30.5 Å². The lowest BCUT2D eigenvalue weighted by Crippen LogP contribution is -2.27. The maximum atomic E-state index is 4.20. The van der Waals surface area contributed by atoms with Gasteiger partial charge < -0.3 is 5.32 Å². The Morgan fingerprint density at radius 3 is 3.18 bits per heavy atom. The van der Waals surface area contributed by atoms with Crippen LogP contribution >= 0.6 is 0 Å². The van der Waals surface area contributed by atoms with Crippen LogP contribution in [-0.4, -0.2) is 37.6 Å². The van der Waals surface area contributed by atoms with Crippen molar-refractivity contribution in [3.63, 3.8) is 0 Å². The number of aromatic nitrogens is 5. The average Bonchev–Trinajstić information content (AvgIpc) is 2.90. The van der Waals surface area contributed by atoms with E-state index >= 15 is 0 Å². The molecule has 82 valence electrons. The van der Waals surface area contributed by atoms with E-state index in [1.54, 1.807) is 18.5 Å². The molecule has 3 rings (SSSR count). The second-order valence-electron chi connectivity index (χ2n) is 3.22. The largest absolute Gasteiger partial charge is 0.355 e. The summed E-state index contributed by atoms with van der Waals surface area (Å²) in [5, 5.41) is 15.0. The molecule has 1 aliphatic rings. The number of hydrogen-bond donors (Lipinski definition) is 1. The van der Waals surface area contributed by atoms with Crippen molar-refractivity contribution in [2.45, 2.75) is 0 Å². The highest BCUT2D eigenvalue weighted by atomic mass is 15.6. The molecule has 2 aromatic rings. The van der Waals surface area contributed by atoms with Gasteiger partial charge in [-0.05, 0) is 17.3 Å². The first-order chi connectivity index (χ1) is 8.43. The molecule has 0 saturated carbocycles. The predicted octanol–water partition coefficient (Wildman–Crippen LogP) is -0.632. The zero-order valence-electron chi connectivity index (χ0n) is 8.70. The van der Waals surface area contributed by atoms with Crippen molar-refractivity contribution < 1.29 is 0 Å². The zero-order valence-corrected chi connectivity index (χ0v) is 8.70. The van der Waals surface area contributed by atoms with Gasteiger partial charge in [0.15, 0.2) is 5.84 Å². The van der Waals surface area contributed by atoms with Crippen LogP contribution in [0, 0.1) is 12.0 Å². The Morgan fingerprint density at radius 2 is 2.41 bits per heavy atom. The second kappa shape index (κ2) is 4.02. The van der Waals surface area contributed by atoms with Crippen LogP contribution in [0.2, 0.25) is 0 Å². The van der Waals surface area contributed by atoms with Gasteiger partial charge in [0.2, 0.25) is 5.82 Å². The Labute approximate surface area is 96.6 Å². The molecule has 0 atom stereocenters. The monoisotopic (exact) mass is 225 g/mol.